The van der Waals surface area contributed by atoms with E-state index >= 15 is 0 Å². The van der Waals surface area contributed by atoms with Crippen LogP contribution in [0.25, 0.3) is 0 Å². The first-order valence-corrected chi connectivity index (χ1v) is 8.27. The number of benzene rings is 1. The van der Waals surface area contributed by atoms with Crippen LogP contribution in [-0.2, 0) is 6.18 Å². The Bertz CT molecular complexity index is 802. The van der Waals surface area contributed by atoms with Gasteiger partial charge in [0, 0.05) is 49.8 Å². The van der Waals surface area contributed by atoms with Crippen LogP contribution in [0.4, 0.5) is 23.7 Å². The lowest BCUT2D eigenvalue weighted by Crippen LogP contribution is -2.51. The third kappa shape index (κ3) is 4.55. The molecule has 1 saturated heterocycles. The van der Waals surface area contributed by atoms with Crippen molar-refractivity contribution in [3.05, 3.63) is 59.9 Å². The van der Waals surface area contributed by atoms with Crippen LogP contribution in [0.5, 0.6) is 0 Å². The number of carbonyl (C=O) groups excluding carboxylic acids is 2. The summed E-state index contributed by atoms with van der Waals surface area (Å²) in [4.78, 5) is 31.7. The van der Waals surface area contributed by atoms with Gasteiger partial charge in [-0.1, -0.05) is 0 Å². The van der Waals surface area contributed by atoms with E-state index in [9.17, 15) is 22.8 Å². The van der Waals surface area contributed by atoms with Gasteiger partial charge >= 0.3 is 12.2 Å². The topological polar surface area (TPSA) is 65.5 Å². The van der Waals surface area contributed by atoms with E-state index in [1.54, 1.807) is 29.4 Å². The Morgan fingerprint density at radius 3 is 2.00 bits per heavy atom. The highest BCUT2D eigenvalue weighted by Gasteiger charge is 2.31. The predicted molar refractivity (Wildman–Crippen MR) is 92.2 cm³/mol. The number of pyridine rings is 1. The summed E-state index contributed by atoms with van der Waals surface area (Å²) in [6, 6.07) is 7.20. The van der Waals surface area contributed by atoms with Crippen LogP contribution < -0.4 is 5.32 Å². The van der Waals surface area contributed by atoms with Crippen molar-refractivity contribution < 1.29 is 22.8 Å². The number of urea groups is 1. The first-order valence-electron chi connectivity index (χ1n) is 8.27. The minimum atomic E-state index is -4.44. The van der Waals surface area contributed by atoms with Gasteiger partial charge in [-0.3, -0.25) is 9.78 Å². The fourth-order valence-electron chi connectivity index (χ4n) is 2.73. The highest BCUT2D eigenvalue weighted by molar-refractivity contribution is 5.94. The molecule has 0 aliphatic carbocycles. The molecular weight excluding hydrogens is 361 g/mol. The third-order valence-electron chi connectivity index (χ3n) is 4.24. The maximum absolute atomic E-state index is 12.6. The van der Waals surface area contributed by atoms with Crippen LogP contribution >= 0.6 is 0 Å². The van der Waals surface area contributed by atoms with Gasteiger partial charge in [-0.25, -0.2) is 4.79 Å². The van der Waals surface area contributed by atoms with Gasteiger partial charge in [-0.2, -0.15) is 13.2 Å². The van der Waals surface area contributed by atoms with Gasteiger partial charge in [0.05, 0.1) is 5.56 Å². The number of hydrogen-bond acceptors (Lipinski definition) is 3. The SMILES string of the molecule is O=C(Nc1ccncc1)N1CCN(C(=O)c2ccc(C(F)(F)F)cc2)CC1. The molecule has 1 aromatic heterocycles. The molecule has 0 atom stereocenters. The van der Waals surface area contributed by atoms with E-state index in [0.29, 0.717) is 31.9 Å². The zero-order chi connectivity index (χ0) is 19.4. The Morgan fingerprint density at radius 2 is 1.44 bits per heavy atom. The highest BCUT2D eigenvalue weighted by Crippen LogP contribution is 2.29. The number of nitrogens with zero attached hydrogens (tertiary/aromatic N) is 3. The van der Waals surface area contributed by atoms with E-state index in [4.69, 9.17) is 0 Å². The van der Waals surface area contributed by atoms with E-state index < -0.39 is 11.7 Å². The smallest absolute Gasteiger partial charge is 0.335 e. The Kier molecular flexibility index (Phi) is 5.29. The van der Waals surface area contributed by atoms with Crippen molar-refractivity contribution in [3.63, 3.8) is 0 Å². The number of halogens is 3. The van der Waals surface area contributed by atoms with Crippen molar-refractivity contribution in [2.24, 2.45) is 0 Å². The third-order valence-corrected chi connectivity index (χ3v) is 4.24. The number of anilines is 1. The van der Waals surface area contributed by atoms with Gasteiger partial charge in [-0.15, -0.1) is 0 Å². The van der Waals surface area contributed by atoms with Crippen LogP contribution in [-0.4, -0.2) is 52.9 Å². The summed E-state index contributed by atoms with van der Waals surface area (Å²) in [5, 5.41) is 2.74. The molecule has 1 fully saturated rings. The molecule has 2 heterocycles. The molecule has 0 bridgehead atoms. The number of aromatic nitrogens is 1. The van der Waals surface area contributed by atoms with Crippen molar-refractivity contribution >= 4 is 17.6 Å². The molecular formula is C18H17F3N4O2. The summed E-state index contributed by atoms with van der Waals surface area (Å²) in [6.45, 7) is 1.29. The molecule has 1 aliphatic rings. The second-order valence-corrected chi connectivity index (χ2v) is 6.02. The number of hydrogen-bond donors (Lipinski definition) is 1. The normalized spacial score (nSPS) is 14.8. The van der Waals surface area contributed by atoms with Crippen molar-refractivity contribution in [1.29, 1.82) is 0 Å². The Morgan fingerprint density at radius 1 is 0.889 bits per heavy atom. The standard InChI is InChI=1S/C18H17F3N4O2/c19-18(20,21)14-3-1-13(2-4-14)16(26)24-9-11-25(12-10-24)17(27)23-15-5-7-22-8-6-15/h1-8H,9-12H2,(H,22,23,27). The highest BCUT2D eigenvalue weighted by atomic mass is 19.4. The summed E-state index contributed by atoms with van der Waals surface area (Å²) >= 11 is 0. The Hall–Kier alpha value is -3.10. The summed E-state index contributed by atoms with van der Waals surface area (Å²) < 4.78 is 37.8. The molecule has 1 N–H and O–H groups in total. The molecule has 27 heavy (non-hydrogen) atoms. The molecule has 3 amide bonds. The first kappa shape index (κ1) is 18.7. The van der Waals surface area contributed by atoms with E-state index in [0.717, 1.165) is 12.1 Å². The van der Waals surface area contributed by atoms with Crippen molar-refractivity contribution in [2.45, 2.75) is 6.18 Å². The molecule has 9 heteroatoms. The molecule has 0 radical (unpaired) electrons. The predicted octanol–water partition coefficient (Wildman–Crippen LogP) is 3.09. The second-order valence-electron chi connectivity index (χ2n) is 6.02. The van der Waals surface area contributed by atoms with Gasteiger partial charge < -0.3 is 15.1 Å². The molecule has 0 spiro atoms. The van der Waals surface area contributed by atoms with Crippen LogP contribution in [0, 0.1) is 0 Å². The zero-order valence-electron chi connectivity index (χ0n) is 14.2. The van der Waals surface area contributed by atoms with Crippen molar-refractivity contribution in [3.8, 4) is 0 Å². The number of alkyl halides is 3. The number of rotatable bonds is 2. The summed E-state index contributed by atoms with van der Waals surface area (Å²) in [5.74, 6) is -0.349. The van der Waals surface area contributed by atoms with Crippen LogP contribution in [0.2, 0.25) is 0 Å². The molecule has 3 rings (SSSR count). The quantitative estimate of drug-likeness (QED) is 0.873. The van der Waals surface area contributed by atoms with Gasteiger partial charge in [0.15, 0.2) is 0 Å². The Labute approximate surface area is 153 Å². The molecule has 142 valence electrons. The maximum atomic E-state index is 12.6. The monoisotopic (exact) mass is 378 g/mol. The Balaban J connectivity index is 1.55. The first-order chi connectivity index (χ1) is 12.8. The molecule has 1 aromatic carbocycles. The van der Waals surface area contributed by atoms with Gasteiger partial charge in [0.25, 0.3) is 5.91 Å². The number of piperazine rings is 1. The largest absolute Gasteiger partial charge is 0.416 e. The minimum Gasteiger partial charge on any atom is -0.335 e. The molecule has 1 aliphatic heterocycles. The average molecular weight is 378 g/mol. The van der Waals surface area contributed by atoms with Gasteiger partial charge in [-0.05, 0) is 36.4 Å². The maximum Gasteiger partial charge on any atom is 0.416 e. The average Bonchev–Trinajstić information content (AvgIpc) is 2.68. The van der Waals surface area contributed by atoms with E-state index in [-0.39, 0.29) is 17.5 Å². The van der Waals surface area contributed by atoms with E-state index in [2.05, 4.69) is 10.3 Å². The zero-order valence-corrected chi connectivity index (χ0v) is 14.2. The van der Waals surface area contributed by atoms with Crippen LogP contribution in [0.3, 0.4) is 0 Å². The van der Waals surface area contributed by atoms with Crippen molar-refractivity contribution in [2.75, 3.05) is 31.5 Å². The van der Waals surface area contributed by atoms with Crippen LogP contribution in [0.1, 0.15) is 15.9 Å². The lowest BCUT2D eigenvalue weighted by Gasteiger charge is -2.34. The summed E-state index contributed by atoms with van der Waals surface area (Å²) in [5.41, 5.74) is 0.0209. The summed E-state index contributed by atoms with van der Waals surface area (Å²) in [7, 11) is 0. The minimum absolute atomic E-state index is 0.192. The van der Waals surface area contributed by atoms with Gasteiger partial charge in [0.1, 0.15) is 0 Å². The molecule has 0 saturated carbocycles. The molecule has 6 nitrogen and oxygen atoms in total. The number of nitrogens with one attached hydrogen (secondary N) is 1. The van der Waals surface area contributed by atoms with Crippen LogP contribution in [0.15, 0.2) is 48.8 Å². The molecule has 0 unspecified atom stereocenters. The second kappa shape index (κ2) is 7.65. The lowest BCUT2D eigenvalue weighted by molar-refractivity contribution is -0.137. The summed E-state index contributed by atoms with van der Waals surface area (Å²) in [6.07, 6.45) is -1.30. The molecule has 2 aromatic rings. The number of amides is 3. The van der Waals surface area contributed by atoms with E-state index in [1.165, 1.54) is 17.0 Å². The lowest BCUT2D eigenvalue weighted by atomic mass is 10.1. The fraction of sp³-hybridized carbons (Fsp3) is 0.278. The van der Waals surface area contributed by atoms with Crippen molar-refractivity contribution in [1.82, 2.24) is 14.8 Å². The van der Waals surface area contributed by atoms with Gasteiger partial charge in [0.2, 0.25) is 0 Å². The van der Waals surface area contributed by atoms with E-state index in [1.807, 2.05) is 0 Å². The fourth-order valence-corrected chi connectivity index (χ4v) is 2.73. The number of carbonyl (C=O) groups is 2.